The molecule has 3 N–H and O–H groups in total. The molecule has 0 aromatic rings. The van der Waals surface area contributed by atoms with Crippen molar-refractivity contribution in [1.82, 2.24) is 4.72 Å². The van der Waals surface area contributed by atoms with Gasteiger partial charge in [0.25, 0.3) is 0 Å². The summed E-state index contributed by atoms with van der Waals surface area (Å²) in [5.74, 6) is 0. The molecule has 6 nitrogen and oxygen atoms in total. The largest absolute Gasteiger partial charge is 0.391 e. The van der Waals surface area contributed by atoms with Crippen LogP contribution < -0.4 is 4.72 Å². The van der Waals surface area contributed by atoms with Gasteiger partial charge >= 0.3 is 10.3 Å². The molecule has 18 heavy (non-hydrogen) atoms. The fourth-order valence-corrected chi connectivity index (χ4v) is 3.59. The molecule has 1 heterocycles. The van der Waals surface area contributed by atoms with Gasteiger partial charge in [0.05, 0.1) is 18.2 Å². The molecular formula is C11H21NO5S. The number of aliphatic hydroxyl groups is 2. The number of hydrogen-bond acceptors (Lipinski definition) is 5. The maximum atomic E-state index is 11.7. The second kappa shape index (κ2) is 4.90. The predicted molar refractivity (Wildman–Crippen MR) is 67.1 cm³/mol. The van der Waals surface area contributed by atoms with Crippen molar-refractivity contribution in [2.75, 3.05) is 6.61 Å². The second-order valence-electron chi connectivity index (χ2n) is 4.86. The lowest BCUT2D eigenvalue weighted by atomic mass is 9.71. The van der Waals surface area contributed by atoms with Crippen LogP contribution in [0.1, 0.15) is 33.6 Å². The molecule has 1 saturated heterocycles. The van der Waals surface area contributed by atoms with E-state index in [0.717, 1.165) is 0 Å². The third kappa shape index (κ3) is 2.46. The minimum atomic E-state index is -4.00. The quantitative estimate of drug-likeness (QED) is 0.636. The lowest BCUT2D eigenvalue weighted by Gasteiger charge is -2.47. The number of hydrogen-bond donors (Lipinski definition) is 3. The number of rotatable bonds is 3. The van der Waals surface area contributed by atoms with Crippen molar-refractivity contribution in [3.8, 4) is 0 Å². The van der Waals surface area contributed by atoms with Gasteiger partial charge in [-0.3, -0.25) is 4.18 Å². The first-order valence-electron chi connectivity index (χ1n) is 5.84. The molecule has 7 heteroatoms. The highest BCUT2D eigenvalue weighted by molar-refractivity contribution is 7.84. The van der Waals surface area contributed by atoms with Crippen LogP contribution in [0.25, 0.3) is 0 Å². The van der Waals surface area contributed by atoms with Crippen LogP contribution in [0.4, 0.5) is 0 Å². The van der Waals surface area contributed by atoms with E-state index >= 15 is 0 Å². The maximum absolute atomic E-state index is 11.7. The Bertz CT molecular complexity index is 431. The molecule has 0 amide bonds. The van der Waals surface area contributed by atoms with Crippen molar-refractivity contribution in [1.29, 1.82) is 0 Å². The molecule has 1 fully saturated rings. The Morgan fingerprint density at radius 2 is 2.22 bits per heavy atom. The Hall–Kier alpha value is -0.470. The molecule has 0 unspecified atom stereocenters. The maximum Gasteiger partial charge on any atom is 0.336 e. The fraction of sp³-hybridized carbons (Fsp3) is 0.818. The van der Waals surface area contributed by atoms with E-state index in [9.17, 15) is 18.6 Å². The van der Waals surface area contributed by atoms with Crippen molar-refractivity contribution in [2.24, 2.45) is 0 Å². The summed E-state index contributed by atoms with van der Waals surface area (Å²) in [4.78, 5) is 0. The van der Waals surface area contributed by atoms with Crippen LogP contribution in [-0.2, 0) is 14.5 Å². The van der Waals surface area contributed by atoms with Crippen molar-refractivity contribution >= 4 is 10.3 Å². The van der Waals surface area contributed by atoms with Crippen LogP contribution in [0.3, 0.4) is 0 Å². The van der Waals surface area contributed by atoms with Crippen LogP contribution in [0.2, 0.25) is 0 Å². The van der Waals surface area contributed by atoms with Crippen LogP contribution in [-0.4, -0.2) is 42.5 Å². The second-order valence-corrected chi connectivity index (χ2v) is 6.21. The molecule has 0 radical (unpaired) electrons. The van der Waals surface area contributed by atoms with Gasteiger partial charge in [0.2, 0.25) is 0 Å². The third-order valence-corrected chi connectivity index (χ3v) is 4.85. The fourth-order valence-electron chi connectivity index (χ4n) is 2.29. The summed E-state index contributed by atoms with van der Waals surface area (Å²) >= 11 is 0. The third-order valence-electron chi connectivity index (χ3n) is 3.76. The summed E-state index contributed by atoms with van der Waals surface area (Å²) in [7, 11) is -4.00. The number of aliphatic hydroxyl groups excluding tert-OH is 1. The Labute approximate surface area is 108 Å². The molecular weight excluding hydrogens is 258 g/mol. The molecule has 0 aromatic carbocycles. The number of nitrogens with one attached hydrogen (secondary N) is 1. The van der Waals surface area contributed by atoms with Crippen LogP contribution in [0.15, 0.2) is 12.2 Å². The van der Waals surface area contributed by atoms with Crippen LogP contribution in [0.5, 0.6) is 0 Å². The predicted octanol–water partition coefficient (Wildman–Crippen LogP) is 0.0779. The van der Waals surface area contributed by atoms with Crippen LogP contribution >= 0.6 is 0 Å². The van der Waals surface area contributed by atoms with E-state index in [1.54, 1.807) is 13.8 Å². The summed E-state index contributed by atoms with van der Waals surface area (Å²) in [5, 5.41) is 20.8. The zero-order valence-corrected chi connectivity index (χ0v) is 11.7. The van der Waals surface area contributed by atoms with E-state index in [-0.39, 0.29) is 19.4 Å². The van der Waals surface area contributed by atoms with E-state index in [2.05, 4.69) is 15.5 Å². The molecule has 0 spiro atoms. The summed E-state index contributed by atoms with van der Waals surface area (Å²) in [6.07, 6.45) is -0.744. The molecule has 1 aliphatic rings. The van der Waals surface area contributed by atoms with Crippen molar-refractivity contribution in [3.05, 3.63) is 12.2 Å². The lowest BCUT2D eigenvalue weighted by Crippen LogP contribution is -2.68. The smallest absolute Gasteiger partial charge is 0.336 e. The van der Waals surface area contributed by atoms with Gasteiger partial charge in [-0.05, 0) is 25.8 Å². The van der Waals surface area contributed by atoms with Gasteiger partial charge in [0.1, 0.15) is 5.60 Å². The van der Waals surface area contributed by atoms with E-state index in [4.69, 9.17) is 0 Å². The summed E-state index contributed by atoms with van der Waals surface area (Å²) in [6, 6.07) is 0. The van der Waals surface area contributed by atoms with Gasteiger partial charge in [-0.2, -0.15) is 13.1 Å². The van der Waals surface area contributed by atoms with Gasteiger partial charge in [-0.25, -0.2) is 0 Å². The highest BCUT2D eigenvalue weighted by Gasteiger charge is 2.54. The van der Waals surface area contributed by atoms with Gasteiger partial charge in [0, 0.05) is 6.42 Å². The highest BCUT2D eigenvalue weighted by atomic mass is 32.2. The highest BCUT2D eigenvalue weighted by Crippen LogP contribution is 2.37. The topological polar surface area (TPSA) is 95.9 Å². The van der Waals surface area contributed by atoms with E-state index < -0.39 is 27.5 Å². The SMILES string of the molecule is C=C(C)[C@](C)(O)[C@@]1(CC)NS(=O)(=O)OCC[C@H]1O. The first-order valence-corrected chi connectivity index (χ1v) is 7.24. The van der Waals surface area contributed by atoms with E-state index in [1.165, 1.54) is 6.92 Å². The van der Waals surface area contributed by atoms with E-state index in [1.807, 2.05) is 0 Å². The summed E-state index contributed by atoms with van der Waals surface area (Å²) < 4.78 is 30.3. The summed E-state index contributed by atoms with van der Waals surface area (Å²) in [6.45, 7) is 8.27. The molecule has 0 bridgehead atoms. The van der Waals surface area contributed by atoms with Gasteiger partial charge in [-0.1, -0.05) is 13.5 Å². The van der Waals surface area contributed by atoms with Gasteiger partial charge < -0.3 is 10.2 Å². The van der Waals surface area contributed by atoms with Gasteiger partial charge in [0.15, 0.2) is 0 Å². The van der Waals surface area contributed by atoms with Crippen molar-refractivity contribution < 1.29 is 22.8 Å². The van der Waals surface area contributed by atoms with Gasteiger partial charge in [-0.15, -0.1) is 0 Å². The molecule has 1 rings (SSSR count). The normalized spacial score (nSPS) is 35.5. The molecule has 0 aliphatic carbocycles. The van der Waals surface area contributed by atoms with Crippen molar-refractivity contribution in [2.45, 2.75) is 50.9 Å². The van der Waals surface area contributed by atoms with Crippen LogP contribution in [0, 0.1) is 0 Å². The standard InChI is InChI=1S/C11H21NO5S/c1-5-11(10(4,14)8(2)3)9(13)6-7-17-18(15,16)12-11/h9,12-14H,2,5-7H2,1,3-4H3/t9-,10+,11+/m1/s1. The molecule has 0 aromatic heterocycles. The lowest BCUT2D eigenvalue weighted by molar-refractivity contribution is -0.0668. The Balaban J connectivity index is 3.37. The average Bonchev–Trinajstić information content (AvgIpc) is 2.35. The average molecular weight is 279 g/mol. The monoisotopic (exact) mass is 279 g/mol. The molecule has 0 saturated carbocycles. The Kier molecular flexibility index (Phi) is 4.24. The first-order chi connectivity index (χ1) is 8.09. The summed E-state index contributed by atoms with van der Waals surface area (Å²) in [5.41, 5.74) is -2.65. The zero-order valence-electron chi connectivity index (χ0n) is 10.9. The van der Waals surface area contributed by atoms with Crippen molar-refractivity contribution in [3.63, 3.8) is 0 Å². The Morgan fingerprint density at radius 3 is 2.67 bits per heavy atom. The minimum Gasteiger partial charge on any atom is -0.391 e. The Morgan fingerprint density at radius 1 is 1.67 bits per heavy atom. The zero-order chi connectivity index (χ0) is 14.2. The van der Waals surface area contributed by atoms with E-state index in [0.29, 0.717) is 5.57 Å². The molecule has 1 aliphatic heterocycles. The molecule has 106 valence electrons. The minimum absolute atomic E-state index is 0.115. The first kappa shape index (κ1) is 15.6. The molecule has 3 atom stereocenters.